The molecule has 0 aliphatic rings. The van der Waals surface area contributed by atoms with Gasteiger partial charge >= 0.3 is 0 Å². The van der Waals surface area contributed by atoms with Gasteiger partial charge < -0.3 is 15.6 Å². The van der Waals surface area contributed by atoms with Crippen LogP contribution in [0.1, 0.15) is 0 Å². The number of likely N-dealkylation sites (N-methyl/N-ethyl adjacent to an activating group) is 1. The number of hydrogen-bond acceptors (Lipinski definition) is 5. The minimum atomic E-state index is -3.66. The molecule has 0 aliphatic carbocycles. The van der Waals surface area contributed by atoms with Crippen molar-refractivity contribution in [2.75, 3.05) is 33.0 Å². The van der Waals surface area contributed by atoms with Crippen molar-refractivity contribution in [1.29, 1.82) is 0 Å². The molecule has 0 saturated carbocycles. The van der Waals surface area contributed by atoms with E-state index in [1.807, 2.05) is 0 Å². The van der Waals surface area contributed by atoms with E-state index in [0.717, 1.165) is 4.31 Å². The summed E-state index contributed by atoms with van der Waals surface area (Å²) in [5.41, 5.74) is 5.79. The number of hydrogen-bond donors (Lipinski definition) is 2. The predicted octanol–water partition coefficient (Wildman–Crippen LogP) is -0.110. The SMILES string of the molecule is COc1ccc(S(=O)(=O)N(C)CCO)c(N)c1. The zero-order chi connectivity index (χ0) is 13.1. The van der Waals surface area contributed by atoms with Crippen LogP contribution in [0.3, 0.4) is 0 Å². The fraction of sp³-hybridized carbons (Fsp3) is 0.400. The second-order valence-electron chi connectivity index (χ2n) is 3.45. The number of nitrogen functional groups attached to an aromatic ring is 1. The first-order valence-electron chi connectivity index (χ1n) is 4.94. The van der Waals surface area contributed by atoms with Crippen LogP contribution in [-0.2, 0) is 10.0 Å². The molecule has 1 aromatic carbocycles. The molecular formula is C10H16N2O4S. The molecule has 0 unspecified atom stereocenters. The first kappa shape index (κ1) is 13.8. The maximum absolute atomic E-state index is 12.0. The van der Waals surface area contributed by atoms with Gasteiger partial charge in [-0.3, -0.25) is 0 Å². The highest BCUT2D eigenvalue weighted by Crippen LogP contribution is 2.25. The number of rotatable bonds is 5. The lowest BCUT2D eigenvalue weighted by Crippen LogP contribution is -2.30. The van der Waals surface area contributed by atoms with E-state index < -0.39 is 10.0 Å². The van der Waals surface area contributed by atoms with Crippen LogP contribution in [0.2, 0.25) is 0 Å². The summed E-state index contributed by atoms with van der Waals surface area (Å²) in [6, 6.07) is 4.35. The lowest BCUT2D eigenvalue weighted by atomic mass is 10.3. The van der Waals surface area contributed by atoms with Gasteiger partial charge in [0.2, 0.25) is 10.0 Å². The van der Waals surface area contributed by atoms with Crippen molar-refractivity contribution < 1.29 is 18.3 Å². The smallest absolute Gasteiger partial charge is 0.244 e. The molecule has 0 saturated heterocycles. The lowest BCUT2D eigenvalue weighted by molar-refractivity contribution is 0.266. The number of methoxy groups -OCH3 is 1. The van der Waals surface area contributed by atoms with Crippen molar-refractivity contribution in [2.45, 2.75) is 4.90 Å². The van der Waals surface area contributed by atoms with Crippen molar-refractivity contribution in [3.63, 3.8) is 0 Å². The lowest BCUT2D eigenvalue weighted by Gasteiger charge is -2.17. The summed E-state index contributed by atoms with van der Waals surface area (Å²) in [5.74, 6) is 0.492. The number of nitrogens with two attached hydrogens (primary N) is 1. The van der Waals surface area contributed by atoms with Crippen LogP contribution in [0.15, 0.2) is 23.1 Å². The maximum Gasteiger partial charge on any atom is 0.244 e. The number of anilines is 1. The van der Waals surface area contributed by atoms with Crippen LogP contribution in [0, 0.1) is 0 Å². The van der Waals surface area contributed by atoms with Crippen molar-refractivity contribution in [3.05, 3.63) is 18.2 Å². The third-order valence-electron chi connectivity index (χ3n) is 2.32. The summed E-state index contributed by atoms with van der Waals surface area (Å²) >= 11 is 0. The number of benzene rings is 1. The Bertz CT molecular complexity index is 487. The minimum absolute atomic E-state index is 0.00856. The molecule has 0 bridgehead atoms. The van der Waals surface area contributed by atoms with Gasteiger partial charge in [-0.2, -0.15) is 4.31 Å². The van der Waals surface area contributed by atoms with Crippen LogP contribution < -0.4 is 10.5 Å². The van der Waals surface area contributed by atoms with Gasteiger partial charge in [-0.25, -0.2) is 8.42 Å². The zero-order valence-electron chi connectivity index (χ0n) is 9.75. The number of ether oxygens (including phenoxy) is 1. The third kappa shape index (κ3) is 2.87. The number of nitrogens with zero attached hydrogens (tertiary/aromatic N) is 1. The van der Waals surface area contributed by atoms with Crippen LogP contribution in [-0.4, -0.2) is 45.1 Å². The van der Waals surface area contributed by atoms with Crippen LogP contribution in [0.25, 0.3) is 0 Å². The minimum Gasteiger partial charge on any atom is -0.497 e. The van der Waals surface area contributed by atoms with Gasteiger partial charge in [0.25, 0.3) is 0 Å². The molecule has 0 radical (unpaired) electrons. The summed E-state index contributed by atoms with van der Waals surface area (Å²) in [6.45, 7) is -0.223. The topological polar surface area (TPSA) is 92.9 Å². The molecule has 96 valence electrons. The van der Waals surface area contributed by atoms with E-state index in [9.17, 15) is 8.42 Å². The molecule has 0 spiro atoms. The van der Waals surface area contributed by atoms with E-state index >= 15 is 0 Å². The summed E-state index contributed by atoms with van der Waals surface area (Å²) in [7, 11) is -0.807. The van der Waals surface area contributed by atoms with E-state index in [1.54, 1.807) is 0 Å². The summed E-state index contributed by atoms with van der Waals surface area (Å²) in [6.07, 6.45) is 0. The molecule has 1 rings (SSSR count). The average molecular weight is 260 g/mol. The molecule has 17 heavy (non-hydrogen) atoms. The molecule has 1 aromatic rings. The molecule has 3 N–H and O–H groups in total. The van der Waals surface area contributed by atoms with Crippen LogP contribution in [0.4, 0.5) is 5.69 Å². The van der Waals surface area contributed by atoms with Gasteiger partial charge in [0, 0.05) is 19.7 Å². The Morgan fingerprint density at radius 1 is 1.47 bits per heavy atom. The average Bonchev–Trinajstić information content (AvgIpc) is 2.28. The molecule has 0 amide bonds. The normalized spacial score (nSPS) is 11.8. The third-order valence-corrected chi connectivity index (χ3v) is 4.25. The van der Waals surface area contributed by atoms with E-state index in [-0.39, 0.29) is 23.7 Å². The number of aliphatic hydroxyl groups excluding tert-OH is 1. The highest BCUT2D eigenvalue weighted by molar-refractivity contribution is 7.89. The first-order valence-corrected chi connectivity index (χ1v) is 6.38. The molecule has 0 atom stereocenters. The van der Waals surface area contributed by atoms with E-state index in [0.29, 0.717) is 5.75 Å². The Morgan fingerprint density at radius 3 is 2.59 bits per heavy atom. The largest absolute Gasteiger partial charge is 0.497 e. The fourth-order valence-electron chi connectivity index (χ4n) is 1.32. The number of sulfonamides is 1. The molecule has 0 fully saturated rings. The summed E-state index contributed by atoms with van der Waals surface area (Å²) < 4.78 is 30.1. The molecule has 0 aliphatic heterocycles. The predicted molar refractivity (Wildman–Crippen MR) is 64.3 cm³/mol. The Labute approximate surface area is 101 Å². The molecule has 6 nitrogen and oxygen atoms in total. The van der Waals surface area contributed by atoms with E-state index in [1.165, 1.54) is 32.4 Å². The zero-order valence-corrected chi connectivity index (χ0v) is 10.6. The molecular weight excluding hydrogens is 244 g/mol. The highest BCUT2D eigenvalue weighted by atomic mass is 32.2. The van der Waals surface area contributed by atoms with Crippen LogP contribution >= 0.6 is 0 Å². The monoisotopic (exact) mass is 260 g/mol. The van der Waals surface area contributed by atoms with Crippen molar-refractivity contribution >= 4 is 15.7 Å². The summed E-state index contributed by atoms with van der Waals surface area (Å²) in [4.78, 5) is 0.00856. The number of aliphatic hydroxyl groups is 1. The highest BCUT2D eigenvalue weighted by Gasteiger charge is 2.22. The van der Waals surface area contributed by atoms with E-state index in [2.05, 4.69) is 0 Å². The second kappa shape index (κ2) is 5.35. The quantitative estimate of drug-likeness (QED) is 0.721. The second-order valence-corrected chi connectivity index (χ2v) is 5.47. The Kier molecular flexibility index (Phi) is 4.33. The maximum atomic E-state index is 12.0. The molecule has 0 heterocycles. The first-order chi connectivity index (χ1) is 7.93. The van der Waals surface area contributed by atoms with Gasteiger partial charge in [0.05, 0.1) is 19.4 Å². The van der Waals surface area contributed by atoms with Crippen molar-refractivity contribution in [2.24, 2.45) is 0 Å². The van der Waals surface area contributed by atoms with Gasteiger partial charge in [-0.15, -0.1) is 0 Å². The van der Waals surface area contributed by atoms with Gasteiger partial charge in [0.15, 0.2) is 0 Å². The Balaban J connectivity index is 3.16. The van der Waals surface area contributed by atoms with Gasteiger partial charge in [0.1, 0.15) is 10.6 Å². The van der Waals surface area contributed by atoms with Gasteiger partial charge in [-0.1, -0.05) is 0 Å². The fourth-order valence-corrected chi connectivity index (χ4v) is 2.57. The van der Waals surface area contributed by atoms with Crippen molar-refractivity contribution in [1.82, 2.24) is 4.31 Å². The van der Waals surface area contributed by atoms with Gasteiger partial charge in [-0.05, 0) is 12.1 Å². The standard InChI is InChI=1S/C10H16N2O4S/c1-12(5-6-13)17(14,15)10-4-3-8(16-2)7-9(10)11/h3-4,7,13H,5-6,11H2,1-2H3. The molecule has 7 heteroatoms. The van der Waals surface area contributed by atoms with E-state index in [4.69, 9.17) is 15.6 Å². The molecule has 0 aromatic heterocycles. The van der Waals surface area contributed by atoms with Crippen molar-refractivity contribution in [3.8, 4) is 5.75 Å². The Hall–Kier alpha value is -1.31. The summed E-state index contributed by atoms with van der Waals surface area (Å²) in [5, 5.41) is 8.74. The Morgan fingerprint density at radius 2 is 2.12 bits per heavy atom. The van der Waals surface area contributed by atoms with Crippen LogP contribution in [0.5, 0.6) is 5.75 Å².